The zero-order chi connectivity index (χ0) is 13.5. The van der Waals surface area contributed by atoms with E-state index in [2.05, 4.69) is 5.32 Å². The number of carboxylic acid groups (broad SMARTS) is 1. The minimum atomic E-state index is -1.14. The second-order valence-electron chi connectivity index (χ2n) is 3.54. The molecule has 0 aromatic heterocycles. The zero-order valence-corrected chi connectivity index (χ0v) is 10.7. The molecule has 0 saturated heterocycles. The van der Waals surface area contributed by atoms with E-state index in [-0.39, 0.29) is 12.4 Å². The van der Waals surface area contributed by atoms with Gasteiger partial charge in [0.2, 0.25) is 0 Å². The second-order valence-corrected chi connectivity index (χ2v) is 3.95. The van der Waals surface area contributed by atoms with Crippen molar-refractivity contribution in [1.82, 2.24) is 0 Å². The molecule has 0 aliphatic heterocycles. The Bertz CT molecular complexity index is 448. The fourth-order valence-electron chi connectivity index (χ4n) is 1.44. The van der Waals surface area contributed by atoms with Crippen LogP contribution in [0.2, 0.25) is 5.02 Å². The van der Waals surface area contributed by atoms with Crippen molar-refractivity contribution in [3.63, 3.8) is 0 Å². The Morgan fingerprint density at radius 2 is 2.17 bits per heavy atom. The van der Waals surface area contributed by atoms with Crippen molar-refractivity contribution in [3.05, 3.63) is 28.8 Å². The predicted molar refractivity (Wildman–Crippen MR) is 68.1 cm³/mol. The zero-order valence-electron chi connectivity index (χ0n) is 9.90. The van der Waals surface area contributed by atoms with E-state index in [0.717, 1.165) is 0 Å². The Kier molecular flexibility index (Phi) is 5.45. The van der Waals surface area contributed by atoms with Crippen LogP contribution in [0.15, 0.2) is 18.2 Å². The summed E-state index contributed by atoms with van der Waals surface area (Å²) in [5, 5.41) is 11.3. The lowest BCUT2D eigenvalue weighted by Gasteiger charge is -2.07. The Morgan fingerprint density at radius 3 is 2.78 bits per heavy atom. The quantitative estimate of drug-likeness (QED) is 0.808. The molecule has 1 aromatic carbocycles. The van der Waals surface area contributed by atoms with Crippen molar-refractivity contribution in [1.29, 1.82) is 0 Å². The van der Waals surface area contributed by atoms with Crippen LogP contribution in [0, 0.1) is 0 Å². The standard InChI is InChI=1S/C12H14ClNO4/c1-2-18-11(15)6-3-8-7-9(14-12(16)17)4-5-10(8)13/h4-5,7,14H,2-3,6H2,1H3,(H,16,17). The maximum atomic E-state index is 11.2. The van der Waals surface area contributed by atoms with E-state index < -0.39 is 6.09 Å². The van der Waals surface area contributed by atoms with Gasteiger partial charge in [0.1, 0.15) is 0 Å². The van der Waals surface area contributed by atoms with Gasteiger partial charge in [0.05, 0.1) is 6.61 Å². The van der Waals surface area contributed by atoms with Gasteiger partial charge in [-0.1, -0.05) is 11.6 Å². The summed E-state index contributed by atoms with van der Waals surface area (Å²) in [5.74, 6) is -0.301. The van der Waals surface area contributed by atoms with Gasteiger partial charge >= 0.3 is 12.1 Å². The number of carbonyl (C=O) groups excluding carboxylic acids is 1. The second kappa shape index (κ2) is 6.86. The van der Waals surface area contributed by atoms with Gasteiger partial charge in [-0.3, -0.25) is 10.1 Å². The molecule has 0 spiro atoms. The summed E-state index contributed by atoms with van der Waals surface area (Å²) < 4.78 is 4.81. The first-order valence-electron chi connectivity index (χ1n) is 5.47. The van der Waals surface area contributed by atoms with Gasteiger partial charge < -0.3 is 9.84 Å². The molecule has 0 heterocycles. The third kappa shape index (κ3) is 4.63. The Labute approximate surface area is 110 Å². The first-order chi connectivity index (χ1) is 8.52. The first kappa shape index (κ1) is 14.3. The highest BCUT2D eigenvalue weighted by atomic mass is 35.5. The molecule has 0 aliphatic rings. The van der Waals surface area contributed by atoms with Crippen LogP contribution in [0.1, 0.15) is 18.9 Å². The van der Waals surface area contributed by atoms with Crippen molar-refractivity contribution in [2.75, 3.05) is 11.9 Å². The van der Waals surface area contributed by atoms with Crippen LogP contribution >= 0.6 is 11.6 Å². The maximum absolute atomic E-state index is 11.2. The minimum absolute atomic E-state index is 0.212. The molecule has 0 unspecified atom stereocenters. The van der Waals surface area contributed by atoms with Crippen LogP contribution in [-0.2, 0) is 16.0 Å². The van der Waals surface area contributed by atoms with E-state index in [1.165, 1.54) is 0 Å². The number of nitrogens with one attached hydrogen (secondary N) is 1. The van der Waals surface area contributed by atoms with Gasteiger partial charge in [-0.15, -0.1) is 0 Å². The first-order valence-corrected chi connectivity index (χ1v) is 5.84. The summed E-state index contributed by atoms with van der Waals surface area (Å²) in [7, 11) is 0. The molecule has 5 nitrogen and oxygen atoms in total. The molecule has 0 saturated carbocycles. The van der Waals surface area contributed by atoms with Crippen molar-refractivity contribution < 1.29 is 19.4 Å². The summed E-state index contributed by atoms with van der Waals surface area (Å²) in [6.45, 7) is 2.08. The Morgan fingerprint density at radius 1 is 1.44 bits per heavy atom. The van der Waals surface area contributed by atoms with E-state index in [9.17, 15) is 9.59 Å². The smallest absolute Gasteiger partial charge is 0.409 e. The molecule has 0 atom stereocenters. The average molecular weight is 272 g/mol. The number of halogens is 1. The summed E-state index contributed by atoms with van der Waals surface area (Å²) >= 11 is 5.97. The molecule has 0 bridgehead atoms. The molecule has 1 rings (SSSR count). The number of amides is 1. The summed E-state index contributed by atoms with van der Waals surface area (Å²) in [6, 6.07) is 4.76. The van der Waals surface area contributed by atoms with Gasteiger partial charge in [0.25, 0.3) is 0 Å². The number of esters is 1. The Balaban J connectivity index is 2.69. The molecule has 0 fully saturated rings. The van der Waals surface area contributed by atoms with Crippen molar-refractivity contribution in [2.24, 2.45) is 0 Å². The van der Waals surface area contributed by atoms with E-state index in [4.69, 9.17) is 21.4 Å². The molecule has 1 aromatic rings. The minimum Gasteiger partial charge on any atom is -0.466 e. The predicted octanol–water partition coefficient (Wildman–Crippen LogP) is 2.93. The number of carbonyl (C=O) groups is 2. The van der Waals surface area contributed by atoms with Gasteiger partial charge in [0, 0.05) is 17.1 Å². The lowest BCUT2D eigenvalue weighted by molar-refractivity contribution is -0.143. The summed E-state index contributed by atoms with van der Waals surface area (Å²) in [4.78, 5) is 21.7. The van der Waals surface area contributed by atoms with E-state index in [0.29, 0.717) is 29.3 Å². The van der Waals surface area contributed by atoms with Crippen LogP contribution in [0.5, 0.6) is 0 Å². The molecule has 6 heteroatoms. The van der Waals surface area contributed by atoms with Crippen LogP contribution in [0.4, 0.5) is 10.5 Å². The van der Waals surface area contributed by atoms with Crippen LogP contribution in [0.25, 0.3) is 0 Å². The van der Waals surface area contributed by atoms with E-state index in [1.807, 2.05) is 0 Å². The number of hydrogen-bond acceptors (Lipinski definition) is 3. The topological polar surface area (TPSA) is 75.6 Å². The van der Waals surface area contributed by atoms with Gasteiger partial charge in [-0.25, -0.2) is 4.79 Å². The van der Waals surface area contributed by atoms with Crippen molar-refractivity contribution in [3.8, 4) is 0 Å². The normalized spacial score (nSPS) is 9.89. The molecular formula is C12H14ClNO4. The molecule has 0 aliphatic carbocycles. The molecule has 18 heavy (non-hydrogen) atoms. The SMILES string of the molecule is CCOC(=O)CCc1cc(NC(=O)O)ccc1Cl. The fourth-order valence-corrected chi connectivity index (χ4v) is 1.65. The van der Waals surface area contributed by atoms with Gasteiger partial charge in [-0.2, -0.15) is 0 Å². The van der Waals surface area contributed by atoms with Crippen LogP contribution in [0.3, 0.4) is 0 Å². The number of anilines is 1. The highest BCUT2D eigenvalue weighted by molar-refractivity contribution is 6.31. The van der Waals surface area contributed by atoms with Gasteiger partial charge in [0.15, 0.2) is 0 Å². The molecule has 98 valence electrons. The fraction of sp³-hybridized carbons (Fsp3) is 0.333. The largest absolute Gasteiger partial charge is 0.466 e. The number of aryl methyl sites for hydroxylation is 1. The Hall–Kier alpha value is -1.75. The van der Waals surface area contributed by atoms with E-state index >= 15 is 0 Å². The summed E-state index contributed by atoms with van der Waals surface area (Å²) in [5.41, 5.74) is 1.13. The third-order valence-corrected chi connectivity index (χ3v) is 2.57. The number of benzene rings is 1. The van der Waals surface area contributed by atoms with Crippen molar-refractivity contribution >= 4 is 29.4 Å². The summed E-state index contributed by atoms with van der Waals surface area (Å²) in [6.07, 6.45) is -0.523. The van der Waals surface area contributed by atoms with Crippen LogP contribution < -0.4 is 5.32 Å². The monoisotopic (exact) mass is 271 g/mol. The lowest BCUT2D eigenvalue weighted by atomic mass is 10.1. The van der Waals surface area contributed by atoms with E-state index in [1.54, 1.807) is 25.1 Å². The lowest BCUT2D eigenvalue weighted by Crippen LogP contribution is -2.08. The third-order valence-electron chi connectivity index (χ3n) is 2.20. The molecular weight excluding hydrogens is 258 g/mol. The van der Waals surface area contributed by atoms with Crippen LogP contribution in [-0.4, -0.2) is 23.8 Å². The van der Waals surface area contributed by atoms with Gasteiger partial charge in [-0.05, 0) is 37.1 Å². The molecule has 2 N–H and O–H groups in total. The number of rotatable bonds is 5. The van der Waals surface area contributed by atoms with Crippen molar-refractivity contribution in [2.45, 2.75) is 19.8 Å². The molecule has 0 radical (unpaired) electrons. The number of hydrogen-bond donors (Lipinski definition) is 2. The highest BCUT2D eigenvalue weighted by Gasteiger charge is 2.07. The molecule has 1 amide bonds. The highest BCUT2D eigenvalue weighted by Crippen LogP contribution is 2.22. The average Bonchev–Trinajstić information content (AvgIpc) is 2.29. The number of ether oxygens (including phenoxy) is 1. The maximum Gasteiger partial charge on any atom is 0.409 e.